The van der Waals surface area contributed by atoms with Crippen molar-refractivity contribution in [3.05, 3.63) is 48.7 Å². The molecule has 0 spiro atoms. The third-order valence-corrected chi connectivity index (χ3v) is 7.46. The number of sulfonamides is 1. The van der Waals surface area contributed by atoms with E-state index in [0.29, 0.717) is 25.5 Å². The van der Waals surface area contributed by atoms with Crippen molar-refractivity contribution in [2.24, 2.45) is 5.92 Å². The van der Waals surface area contributed by atoms with E-state index in [9.17, 15) is 13.2 Å². The molecule has 29 heavy (non-hydrogen) atoms. The van der Waals surface area contributed by atoms with Crippen LogP contribution >= 0.6 is 0 Å². The Kier molecular flexibility index (Phi) is 5.82. The molecule has 8 heteroatoms. The monoisotopic (exact) mass is 414 g/mol. The molecule has 0 aliphatic carbocycles. The van der Waals surface area contributed by atoms with Crippen LogP contribution in [0.4, 0.5) is 11.5 Å². The third-order valence-electron chi connectivity index (χ3n) is 5.58. The van der Waals surface area contributed by atoms with E-state index in [-0.39, 0.29) is 16.7 Å². The molecule has 154 valence electrons. The Morgan fingerprint density at radius 3 is 2.45 bits per heavy atom. The van der Waals surface area contributed by atoms with Gasteiger partial charge in [0.1, 0.15) is 10.7 Å². The fraction of sp³-hybridized carbons (Fsp3) is 0.429. The molecule has 1 atom stereocenters. The fourth-order valence-electron chi connectivity index (χ4n) is 3.95. The molecule has 1 N–H and O–H groups in total. The van der Waals surface area contributed by atoms with Crippen LogP contribution < -0.4 is 10.2 Å². The van der Waals surface area contributed by atoms with E-state index in [4.69, 9.17) is 0 Å². The molecule has 2 fully saturated rings. The normalized spacial score (nSPS) is 20.6. The second kappa shape index (κ2) is 8.51. The van der Waals surface area contributed by atoms with E-state index < -0.39 is 10.0 Å². The summed E-state index contributed by atoms with van der Waals surface area (Å²) in [6.07, 6.45) is 4.98. The van der Waals surface area contributed by atoms with Crippen molar-refractivity contribution in [3.63, 3.8) is 0 Å². The topological polar surface area (TPSA) is 82.6 Å². The Hall–Kier alpha value is -2.45. The SMILES string of the molecule is O=C(Nc1ccccc1)[C@H]1CCCN(c2ccc(S(=O)(=O)N3CCCC3)cn2)C1. The van der Waals surface area contributed by atoms with Crippen molar-refractivity contribution < 1.29 is 13.2 Å². The summed E-state index contributed by atoms with van der Waals surface area (Å²) in [4.78, 5) is 19.3. The van der Waals surface area contributed by atoms with Crippen LogP contribution in [-0.2, 0) is 14.8 Å². The van der Waals surface area contributed by atoms with Crippen molar-refractivity contribution in [1.29, 1.82) is 0 Å². The number of nitrogens with zero attached hydrogens (tertiary/aromatic N) is 3. The van der Waals surface area contributed by atoms with Gasteiger partial charge in [-0.2, -0.15) is 4.31 Å². The number of pyridine rings is 1. The molecular formula is C21H26N4O3S. The van der Waals surface area contributed by atoms with E-state index in [1.54, 1.807) is 12.1 Å². The van der Waals surface area contributed by atoms with Gasteiger partial charge in [-0.05, 0) is 49.9 Å². The second-order valence-electron chi connectivity index (χ2n) is 7.60. The van der Waals surface area contributed by atoms with Gasteiger partial charge < -0.3 is 10.2 Å². The molecule has 1 amide bonds. The van der Waals surface area contributed by atoms with Gasteiger partial charge >= 0.3 is 0 Å². The van der Waals surface area contributed by atoms with Crippen LogP contribution in [0.2, 0.25) is 0 Å². The van der Waals surface area contributed by atoms with E-state index in [2.05, 4.69) is 15.2 Å². The number of para-hydroxylation sites is 1. The minimum Gasteiger partial charge on any atom is -0.356 e. The number of carbonyl (C=O) groups excluding carboxylic acids is 1. The van der Waals surface area contributed by atoms with Gasteiger partial charge in [-0.25, -0.2) is 13.4 Å². The molecule has 0 bridgehead atoms. The molecule has 3 heterocycles. The molecular weight excluding hydrogens is 388 g/mol. The number of aromatic nitrogens is 1. The number of rotatable bonds is 5. The standard InChI is InChI=1S/C21H26N4O3S/c26-21(23-18-8-2-1-3-9-18)17-7-6-12-24(16-17)20-11-10-19(15-22-20)29(27,28)25-13-4-5-14-25/h1-3,8-11,15,17H,4-7,12-14,16H2,(H,23,26)/t17-/m0/s1. The van der Waals surface area contributed by atoms with Crippen LogP contribution in [0.15, 0.2) is 53.6 Å². The van der Waals surface area contributed by atoms with Crippen LogP contribution in [0.3, 0.4) is 0 Å². The van der Waals surface area contributed by atoms with Gasteiger partial charge in [0, 0.05) is 38.1 Å². The molecule has 7 nitrogen and oxygen atoms in total. The van der Waals surface area contributed by atoms with Gasteiger partial charge in [0.25, 0.3) is 0 Å². The zero-order valence-corrected chi connectivity index (χ0v) is 17.1. The quantitative estimate of drug-likeness (QED) is 0.813. The summed E-state index contributed by atoms with van der Waals surface area (Å²) >= 11 is 0. The Labute approximate surface area is 171 Å². The van der Waals surface area contributed by atoms with Crippen molar-refractivity contribution in [2.45, 2.75) is 30.6 Å². The average Bonchev–Trinajstić information content (AvgIpc) is 3.31. The highest BCUT2D eigenvalue weighted by molar-refractivity contribution is 7.89. The average molecular weight is 415 g/mol. The first kappa shape index (κ1) is 19.8. The fourth-order valence-corrected chi connectivity index (χ4v) is 5.42. The van der Waals surface area contributed by atoms with E-state index in [0.717, 1.165) is 37.9 Å². The number of nitrogens with one attached hydrogen (secondary N) is 1. The number of benzene rings is 1. The predicted molar refractivity (Wildman–Crippen MR) is 112 cm³/mol. The molecule has 0 unspecified atom stereocenters. The van der Waals surface area contributed by atoms with Gasteiger partial charge in [0.15, 0.2) is 0 Å². The Morgan fingerprint density at radius 2 is 1.76 bits per heavy atom. The van der Waals surface area contributed by atoms with Crippen LogP contribution in [0.5, 0.6) is 0 Å². The Balaban J connectivity index is 1.42. The number of hydrogen-bond donors (Lipinski definition) is 1. The lowest BCUT2D eigenvalue weighted by molar-refractivity contribution is -0.120. The summed E-state index contributed by atoms with van der Waals surface area (Å²) in [5, 5.41) is 2.97. The highest BCUT2D eigenvalue weighted by Crippen LogP contribution is 2.25. The molecule has 4 rings (SSSR count). The maximum absolute atomic E-state index is 12.7. The molecule has 2 aromatic rings. The van der Waals surface area contributed by atoms with Gasteiger partial charge in [-0.15, -0.1) is 0 Å². The highest BCUT2D eigenvalue weighted by atomic mass is 32.2. The van der Waals surface area contributed by atoms with Crippen LogP contribution in [-0.4, -0.2) is 49.8 Å². The highest BCUT2D eigenvalue weighted by Gasteiger charge is 2.29. The minimum atomic E-state index is -3.46. The summed E-state index contributed by atoms with van der Waals surface area (Å²) in [7, 11) is -3.46. The third kappa shape index (κ3) is 4.43. The Bertz CT molecular complexity index is 942. The maximum atomic E-state index is 12.7. The van der Waals surface area contributed by atoms with Crippen molar-refractivity contribution in [3.8, 4) is 0 Å². The number of amides is 1. The summed E-state index contributed by atoms with van der Waals surface area (Å²) < 4.78 is 26.8. The van der Waals surface area contributed by atoms with E-state index in [1.165, 1.54) is 10.5 Å². The second-order valence-corrected chi connectivity index (χ2v) is 9.54. The van der Waals surface area contributed by atoms with Crippen LogP contribution in [0.25, 0.3) is 0 Å². The lowest BCUT2D eigenvalue weighted by Gasteiger charge is -2.33. The first-order valence-electron chi connectivity index (χ1n) is 10.1. The predicted octanol–water partition coefficient (Wildman–Crippen LogP) is 2.72. The lowest BCUT2D eigenvalue weighted by atomic mass is 9.97. The molecule has 1 aromatic carbocycles. The zero-order chi connectivity index (χ0) is 20.3. The molecule has 2 aliphatic heterocycles. The van der Waals surface area contributed by atoms with Gasteiger partial charge in [0.2, 0.25) is 15.9 Å². The molecule has 2 saturated heterocycles. The molecule has 1 aromatic heterocycles. The molecule has 0 saturated carbocycles. The first-order chi connectivity index (χ1) is 14.0. The van der Waals surface area contributed by atoms with Crippen molar-refractivity contribution >= 4 is 27.4 Å². The smallest absolute Gasteiger partial charge is 0.244 e. The van der Waals surface area contributed by atoms with Crippen molar-refractivity contribution in [1.82, 2.24) is 9.29 Å². The van der Waals surface area contributed by atoms with Gasteiger partial charge in [-0.1, -0.05) is 18.2 Å². The van der Waals surface area contributed by atoms with E-state index >= 15 is 0 Å². The largest absolute Gasteiger partial charge is 0.356 e. The number of piperidine rings is 1. The summed E-state index contributed by atoms with van der Waals surface area (Å²) in [6.45, 7) is 2.53. The lowest BCUT2D eigenvalue weighted by Crippen LogP contribution is -2.41. The number of carbonyl (C=O) groups is 1. The Morgan fingerprint density at radius 1 is 1.00 bits per heavy atom. The zero-order valence-electron chi connectivity index (χ0n) is 16.3. The molecule has 2 aliphatic rings. The van der Waals surface area contributed by atoms with Gasteiger partial charge in [-0.3, -0.25) is 4.79 Å². The summed E-state index contributed by atoms with van der Waals surface area (Å²) in [5.74, 6) is 0.593. The maximum Gasteiger partial charge on any atom is 0.244 e. The van der Waals surface area contributed by atoms with Crippen LogP contribution in [0, 0.1) is 5.92 Å². The minimum absolute atomic E-state index is 0.00845. The number of anilines is 2. The first-order valence-corrected chi connectivity index (χ1v) is 11.5. The summed E-state index contributed by atoms with van der Waals surface area (Å²) in [5.41, 5.74) is 0.796. The van der Waals surface area contributed by atoms with Crippen LogP contribution in [0.1, 0.15) is 25.7 Å². The van der Waals surface area contributed by atoms with Gasteiger partial charge in [0.05, 0.1) is 5.92 Å². The molecule has 0 radical (unpaired) electrons. The van der Waals surface area contributed by atoms with E-state index in [1.807, 2.05) is 30.3 Å². The van der Waals surface area contributed by atoms with Crippen molar-refractivity contribution in [2.75, 3.05) is 36.4 Å². The summed E-state index contributed by atoms with van der Waals surface area (Å²) in [6, 6.07) is 12.8. The number of hydrogen-bond acceptors (Lipinski definition) is 5.